The zero-order valence-electron chi connectivity index (χ0n) is 10.4. The second kappa shape index (κ2) is 6.44. The molecule has 1 heterocycles. The van der Waals surface area contributed by atoms with E-state index in [2.05, 4.69) is 22.6 Å². The van der Waals surface area contributed by atoms with Gasteiger partial charge in [-0.05, 0) is 39.3 Å². The lowest BCUT2D eigenvalue weighted by molar-refractivity contribution is -0.138. The minimum Gasteiger partial charge on any atom is -0.480 e. The predicted octanol–water partition coefficient (Wildman–Crippen LogP) is 0.101. The monoisotopic (exact) mass is 243 g/mol. The van der Waals surface area contributed by atoms with E-state index in [-0.39, 0.29) is 0 Å². The topological polar surface area (TPSA) is 81.7 Å². The van der Waals surface area contributed by atoms with Gasteiger partial charge in [0.15, 0.2) is 0 Å². The fraction of sp³-hybridized carbons (Fsp3) is 0.818. The summed E-state index contributed by atoms with van der Waals surface area (Å²) in [4.78, 5) is 24.2. The normalized spacial score (nSPS) is 22.8. The molecule has 0 aromatic heterocycles. The van der Waals surface area contributed by atoms with Gasteiger partial charge in [-0.2, -0.15) is 0 Å². The van der Waals surface area contributed by atoms with Crippen LogP contribution in [0.15, 0.2) is 0 Å². The Morgan fingerprint density at radius 3 is 2.82 bits per heavy atom. The molecule has 2 unspecified atom stereocenters. The molecule has 0 saturated carbocycles. The predicted molar refractivity (Wildman–Crippen MR) is 63.9 cm³/mol. The highest BCUT2D eigenvalue weighted by molar-refractivity contribution is 5.82. The number of amides is 2. The van der Waals surface area contributed by atoms with Gasteiger partial charge in [0.05, 0.1) is 0 Å². The van der Waals surface area contributed by atoms with Crippen LogP contribution in [0.3, 0.4) is 0 Å². The number of nitrogens with one attached hydrogen (secondary N) is 2. The van der Waals surface area contributed by atoms with Gasteiger partial charge in [-0.1, -0.05) is 0 Å². The molecule has 0 spiro atoms. The largest absolute Gasteiger partial charge is 0.480 e. The molecule has 0 radical (unpaired) electrons. The van der Waals surface area contributed by atoms with Gasteiger partial charge in [0.25, 0.3) is 0 Å². The first-order valence-electron chi connectivity index (χ1n) is 5.94. The van der Waals surface area contributed by atoms with E-state index in [4.69, 9.17) is 5.11 Å². The van der Waals surface area contributed by atoms with Crippen LogP contribution >= 0.6 is 0 Å². The van der Waals surface area contributed by atoms with Gasteiger partial charge in [0, 0.05) is 13.1 Å². The Labute approximate surface area is 101 Å². The third kappa shape index (κ3) is 5.04. The van der Waals surface area contributed by atoms with E-state index in [1.54, 1.807) is 0 Å². The lowest BCUT2D eigenvalue weighted by Gasteiger charge is -2.29. The van der Waals surface area contributed by atoms with Crippen molar-refractivity contribution in [2.24, 2.45) is 5.92 Å². The SMILES string of the molecule is CC(NC(=O)NCC1CCCN(C)C1)C(=O)O. The molecule has 0 aromatic rings. The third-order valence-electron chi connectivity index (χ3n) is 2.99. The number of rotatable bonds is 4. The van der Waals surface area contributed by atoms with Crippen LogP contribution < -0.4 is 10.6 Å². The van der Waals surface area contributed by atoms with Crippen LogP contribution in [0.1, 0.15) is 19.8 Å². The number of carboxylic acids is 1. The molecule has 17 heavy (non-hydrogen) atoms. The summed E-state index contributed by atoms with van der Waals surface area (Å²) < 4.78 is 0. The molecule has 0 aliphatic carbocycles. The Bertz CT molecular complexity index is 283. The summed E-state index contributed by atoms with van der Waals surface area (Å²) in [5, 5.41) is 13.7. The van der Waals surface area contributed by atoms with Gasteiger partial charge in [-0.25, -0.2) is 4.79 Å². The van der Waals surface area contributed by atoms with Crippen molar-refractivity contribution in [1.29, 1.82) is 0 Å². The highest BCUT2D eigenvalue weighted by Gasteiger charge is 2.18. The molecule has 2 atom stereocenters. The number of carbonyl (C=O) groups excluding carboxylic acids is 1. The number of likely N-dealkylation sites (tertiary alicyclic amines) is 1. The van der Waals surface area contributed by atoms with Crippen molar-refractivity contribution in [2.45, 2.75) is 25.8 Å². The molecular weight excluding hydrogens is 222 g/mol. The van der Waals surface area contributed by atoms with Crippen LogP contribution in [-0.2, 0) is 4.79 Å². The maximum atomic E-state index is 11.4. The Balaban J connectivity index is 2.21. The number of aliphatic carboxylic acids is 1. The first-order chi connectivity index (χ1) is 7.99. The third-order valence-corrected chi connectivity index (χ3v) is 2.99. The second-order valence-corrected chi connectivity index (χ2v) is 4.68. The number of carbonyl (C=O) groups is 2. The number of hydrogen-bond acceptors (Lipinski definition) is 3. The number of hydrogen-bond donors (Lipinski definition) is 3. The number of urea groups is 1. The molecule has 1 aliphatic heterocycles. The Kier molecular flexibility index (Phi) is 5.21. The van der Waals surface area contributed by atoms with Crippen molar-refractivity contribution in [2.75, 3.05) is 26.7 Å². The average molecular weight is 243 g/mol. The molecule has 1 aliphatic rings. The zero-order chi connectivity index (χ0) is 12.8. The van der Waals surface area contributed by atoms with Crippen molar-refractivity contribution < 1.29 is 14.7 Å². The van der Waals surface area contributed by atoms with Crippen molar-refractivity contribution >= 4 is 12.0 Å². The summed E-state index contributed by atoms with van der Waals surface area (Å²) in [6.45, 7) is 4.13. The highest BCUT2D eigenvalue weighted by Crippen LogP contribution is 2.13. The Morgan fingerprint density at radius 1 is 1.53 bits per heavy atom. The smallest absolute Gasteiger partial charge is 0.325 e. The van der Waals surface area contributed by atoms with Crippen LogP contribution in [0.25, 0.3) is 0 Å². The lowest BCUT2D eigenvalue weighted by atomic mass is 9.99. The minimum absolute atomic E-state index is 0.409. The van der Waals surface area contributed by atoms with Gasteiger partial charge in [0.2, 0.25) is 0 Å². The molecule has 98 valence electrons. The van der Waals surface area contributed by atoms with E-state index in [0.717, 1.165) is 25.9 Å². The number of piperidine rings is 1. The van der Waals surface area contributed by atoms with Gasteiger partial charge in [-0.15, -0.1) is 0 Å². The fourth-order valence-corrected chi connectivity index (χ4v) is 1.99. The standard InChI is InChI=1S/C11H21N3O3/c1-8(10(15)16)13-11(17)12-6-9-4-3-5-14(2)7-9/h8-9H,3-7H2,1-2H3,(H,15,16)(H2,12,13,17). The molecule has 6 nitrogen and oxygen atoms in total. The number of nitrogens with zero attached hydrogens (tertiary/aromatic N) is 1. The number of carboxylic acid groups (broad SMARTS) is 1. The Hall–Kier alpha value is -1.30. The van der Waals surface area contributed by atoms with Crippen LogP contribution in [0.4, 0.5) is 4.79 Å². The summed E-state index contributed by atoms with van der Waals surface area (Å²) in [6, 6.07) is -1.27. The maximum absolute atomic E-state index is 11.4. The average Bonchev–Trinajstić information content (AvgIpc) is 2.26. The van der Waals surface area contributed by atoms with E-state index < -0.39 is 18.0 Å². The highest BCUT2D eigenvalue weighted by atomic mass is 16.4. The molecule has 2 amide bonds. The van der Waals surface area contributed by atoms with Crippen molar-refractivity contribution in [1.82, 2.24) is 15.5 Å². The van der Waals surface area contributed by atoms with Crippen molar-refractivity contribution in [3.8, 4) is 0 Å². The molecular formula is C11H21N3O3. The first-order valence-corrected chi connectivity index (χ1v) is 5.94. The quantitative estimate of drug-likeness (QED) is 0.654. The zero-order valence-corrected chi connectivity index (χ0v) is 10.4. The summed E-state index contributed by atoms with van der Waals surface area (Å²) >= 11 is 0. The molecule has 0 bridgehead atoms. The molecule has 1 fully saturated rings. The summed E-state index contributed by atoms with van der Waals surface area (Å²) in [6.07, 6.45) is 2.26. The molecule has 3 N–H and O–H groups in total. The summed E-state index contributed by atoms with van der Waals surface area (Å²) in [5.41, 5.74) is 0. The van der Waals surface area contributed by atoms with Crippen molar-refractivity contribution in [3.63, 3.8) is 0 Å². The van der Waals surface area contributed by atoms with Gasteiger partial charge in [-0.3, -0.25) is 4.79 Å². The minimum atomic E-state index is -1.03. The summed E-state index contributed by atoms with van der Waals surface area (Å²) in [5.74, 6) is -0.572. The van der Waals surface area contributed by atoms with E-state index in [0.29, 0.717) is 12.5 Å². The summed E-state index contributed by atoms with van der Waals surface area (Å²) in [7, 11) is 2.07. The van der Waals surface area contributed by atoms with E-state index in [9.17, 15) is 9.59 Å². The van der Waals surface area contributed by atoms with E-state index in [1.165, 1.54) is 6.92 Å². The van der Waals surface area contributed by atoms with Gasteiger partial charge >= 0.3 is 12.0 Å². The van der Waals surface area contributed by atoms with Crippen LogP contribution in [0.2, 0.25) is 0 Å². The molecule has 1 saturated heterocycles. The van der Waals surface area contributed by atoms with E-state index in [1.807, 2.05) is 0 Å². The molecule has 6 heteroatoms. The fourth-order valence-electron chi connectivity index (χ4n) is 1.99. The Morgan fingerprint density at radius 2 is 2.24 bits per heavy atom. The lowest BCUT2D eigenvalue weighted by Crippen LogP contribution is -2.47. The maximum Gasteiger partial charge on any atom is 0.325 e. The first kappa shape index (κ1) is 13.8. The molecule has 1 rings (SSSR count). The van der Waals surface area contributed by atoms with E-state index >= 15 is 0 Å². The van der Waals surface area contributed by atoms with Crippen LogP contribution in [-0.4, -0.2) is 54.7 Å². The van der Waals surface area contributed by atoms with Crippen LogP contribution in [0.5, 0.6) is 0 Å². The second-order valence-electron chi connectivity index (χ2n) is 4.68. The molecule has 0 aromatic carbocycles. The van der Waals surface area contributed by atoms with Gasteiger partial charge in [0.1, 0.15) is 6.04 Å². The van der Waals surface area contributed by atoms with Gasteiger partial charge < -0.3 is 20.6 Å². The van der Waals surface area contributed by atoms with Crippen LogP contribution in [0, 0.1) is 5.92 Å². The van der Waals surface area contributed by atoms with Crippen molar-refractivity contribution in [3.05, 3.63) is 0 Å².